The fraction of sp³-hybridized carbons (Fsp3) is 0.368. The number of aryl methyl sites for hydroxylation is 2. The lowest BCUT2D eigenvalue weighted by atomic mass is 9.96. The van der Waals surface area contributed by atoms with Crippen LogP contribution in [0.3, 0.4) is 0 Å². The Balaban J connectivity index is 2.33. The molecule has 21 heavy (non-hydrogen) atoms. The molecule has 2 aromatic rings. The summed E-state index contributed by atoms with van der Waals surface area (Å²) in [5, 5.41) is 0. The van der Waals surface area contributed by atoms with Gasteiger partial charge in [-0.25, -0.2) is 0 Å². The van der Waals surface area contributed by atoms with Crippen molar-refractivity contribution in [3.63, 3.8) is 0 Å². The fourth-order valence-corrected chi connectivity index (χ4v) is 2.78. The third-order valence-corrected chi connectivity index (χ3v) is 4.45. The van der Waals surface area contributed by atoms with Crippen LogP contribution in [0.25, 0.3) is 0 Å². The molecule has 0 amide bonds. The summed E-state index contributed by atoms with van der Waals surface area (Å²) in [5.41, 5.74) is 12.6. The van der Waals surface area contributed by atoms with Gasteiger partial charge in [0.25, 0.3) is 0 Å². The zero-order valence-corrected chi connectivity index (χ0v) is 13.6. The molecule has 0 fully saturated rings. The summed E-state index contributed by atoms with van der Waals surface area (Å²) in [4.78, 5) is 2.28. The predicted octanol–water partition coefficient (Wildman–Crippen LogP) is 4.00. The van der Waals surface area contributed by atoms with Gasteiger partial charge in [0.2, 0.25) is 0 Å². The average molecular weight is 282 g/mol. The first-order valence-corrected chi connectivity index (χ1v) is 7.66. The van der Waals surface area contributed by atoms with Gasteiger partial charge in [0.15, 0.2) is 0 Å². The quantitative estimate of drug-likeness (QED) is 0.898. The van der Waals surface area contributed by atoms with E-state index in [0.29, 0.717) is 6.54 Å². The third-order valence-electron chi connectivity index (χ3n) is 4.45. The Morgan fingerprint density at radius 1 is 1.05 bits per heavy atom. The topological polar surface area (TPSA) is 29.3 Å². The normalized spacial score (nSPS) is 12.2. The summed E-state index contributed by atoms with van der Waals surface area (Å²) in [6.07, 6.45) is 1.07. The minimum absolute atomic E-state index is 0.206. The molecule has 0 aliphatic carbocycles. The number of likely N-dealkylation sites (N-methyl/N-ethyl adjacent to an activating group) is 1. The number of hydrogen-bond acceptors (Lipinski definition) is 2. The molecule has 2 heteroatoms. The monoisotopic (exact) mass is 282 g/mol. The minimum Gasteiger partial charge on any atom is -0.366 e. The van der Waals surface area contributed by atoms with Crippen LogP contribution in [0.4, 0.5) is 5.69 Å². The Bertz CT molecular complexity index is 587. The van der Waals surface area contributed by atoms with Gasteiger partial charge < -0.3 is 10.6 Å². The first-order valence-electron chi connectivity index (χ1n) is 7.66. The largest absolute Gasteiger partial charge is 0.366 e. The number of nitrogens with two attached hydrogens (primary N) is 1. The summed E-state index contributed by atoms with van der Waals surface area (Å²) in [6, 6.07) is 15.4. The van der Waals surface area contributed by atoms with Gasteiger partial charge >= 0.3 is 0 Å². The maximum absolute atomic E-state index is 6.08. The fourth-order valence-electron chi connectivity index (χ4n) is 2.78. The molecule has 2 aromatic carbocycles. The zero-order valence-electron chi connectivity index (χ0n) is 13.6. The van der Waals surface area contributed by atoms with Crippen molar-refractivity contribution in [1.29, 1.82) is 0 Å². The first kappa shape index (κ1) is 15.6. The van der Waals surface area contributed by atoms with Crippen molar-refractivity contribution < 1.29 is 0 Å². The van der Waals surface area contributed by atoms with E-state index in [2.05, 4.69) is 75.2 Å². The second-order valence-electron chi connectivity index (χ2n) is 5.67. The van der Waals surface area contributed by atoms with Gasteiger partial charge in [-0.05, 0) is 54.7 Å². The molecule has 1 atom stereocenters. The highest BCUT2D eigenvalue weighted by atomic mass is 15.1. The van der Waals surface area contributed by atoms with Crippen LogP contribution in [-0.4, -0.2) is 13.6 Å². The summed E-state index contributed by atoms with van der Waals surface area (Å²) in [7, 11) is 2.13. The van der Waals surface area contributed by atoms with E-state index in [1.807, 2.05) is 0 Å². The van der Waals surface area contributed by atoms with Gasteiger partial charge in [-0.15, -0.1) is 0 Å². The van der Waals surface area contributed by atoms with E-state index in [-0.39, 0.29) is 6.04 Å². The van der Waals surface area contributed by atoms with Gasteiger partial charge in [0.1, 0.15) is 0 Å². The molecule has 2 nitrogen and oxygen atoms in total. The second kappa shape index (κ2) is 6.77. The Kier molecular flexibility index (Phi) is 5.03. The Morgan fingerprint density at radius 2 is 1.71 bits per heavy atom. The lowest BCUT2D eigenvalue weighted by Crippen LogP contribution is -2.31. The summed E-state index contributed by atoms with van der Waals surface area (Å²) >= 11 is 0. The Morgan fingerprint density at radius 3 is 2.29 bits per heavy atom. The maximum atomic E-state index is 6.08. The van der Waals surface area contributed by atoms with Gasteiger partial charge in [0.05, 0.1) is 6.04 Å². The molecule has 0 aromatic heterocycles. The number of benzene rings is 2. The van der Waals surface area contributed by atoms with Crippen LogP contribution in [0.5, 0.6) is 0 Å². The highest BCUT2D eigenvalue weighted by Crippen LogP contribution is 2.28. The van der Waals surface area contributed by atoms with Crippen molar-refractivity contribution in [2.75, 3.05) is 18.5 Å². The van der Waals surface area contributed by atoms with Crippen molar-refractivity contribution in [3.8, 4) is 0 Å². The highest BCUT2D eigenvalue weighted by molar-refractivity contribution is 5.51. The maximum Gasteiger partial charge on any atom is 0.0664 e. The van der Waals surface area contributed by atoms with E-state index < -0.39 is 0 Å². The van der Waals surface area contributed by atoms with Crippen LogP contribution in [0.1, 0.15) is 35.2 Å². The van der Waals surface area contributed by atoms with Crippen LogP contribution in [-0.2, 0) is 6.42 Å². The smallest absolute Gasteiger partial charge is 0.0664 e. The van der Waals surface area contributed by atoms with Gasteiger partial charge in [-0.2, -0.15) is 0 Å². The molecule has 0 aliphatic heterocycles. The van der Waals surface area contributed by atoms with E-state index in [4.69, 9.17) is 5.73 Å². The van der Waals surface area contributed by atoms with Crippen molar-refractivity contribution in [2.45, 2.75) is 33.2 Å². The molecule has 0 saturated heterocycles. The third kappa shape index (κ3) is 3.27. The predicted molar refractivity (Wildman–Crippen MR) is 91.9 cm³/mol. The van der Waals surface area contributed by atoms with Crippen molar-refractivity contribution >= 4 is 5.69 Å². The summed E-state index contributed by atoms with van der Waals surface area (Å²) in [5.74, 6) is 0. The number of hydrogen-bond donors (Lipinski definition) is 1. The number of rotatable bonds is 5. The molecule has 0 spiro atoms. The van der Waals surface area contributed by atoms with Crippen molar-refractivity contribution in [1.82, 2.24) is 0 Å². The number of anilines is 1. The first-order chi connectivity index (χ1) is 10.1. The van der Waals surface area contributed by atoms with Crippen molar-refractivity contribution in [2.24, 2.45) is 5.73 Å². The highest BCUT2D eigenvalue weighted by Gasteiger charge is 2.18. The van der Waals surface area contributed by atoms with Crippen LogP contribution < -0.4 is 10.6 Å². The summed E-state index contributed by atoms with van der Waals surface area (Å²) < 4.78 is 0. The molecule has 0 saturated carbocycles. The van der Waals surface area contributed by atoms with E-state index >= 15 is 0 Å². The molecule has 0 aliphatic rings. The van der Waals surface area contributed by atoms with E-state index in [1.54, 1.807) is 0 Å². The van der Waals surface area contributed by atoms with Crippen LogP contribution in [0, 0.1) is 13.8 Å². The van der Waals surface area contributed by atoms with E-state index in [0.717, 1.165) is 6.42 Å². The van der Waals surface area contributed by atoms with Gasteiger partial charge in [-0.3, -0.25) is 0 Å². The van der Waals surface area contributed by atoms with E-state index in [9.17, 15) is 0 Å². The molecule has 112 valence electrons. The lowest BCUT2D eigenvalue weighted by Gasteiger charge is -2.31. The average Bonchev–Trinajstić information content (AvgIpc) is 2.52. The van der Waals surface area contributed by atoms with Gasteiger partial charge in [0, 0.05) is 19.3 Å². The lowest BCUT2D eigenvalue weighted by molar-refractivity contribution is 0.675. The van der Waals surface area contributed by atoms with Crippen LogP contribution in [0.15, 0.2) is 42.5 Å². The standard InChI is InChI=1S/C19H26N2/c1-5-16-9-11-17(12-10-16)21(4)19(13-20)18-8-6-7-14(2)15(18)3/h6-12,19H,5,13,20H2,1-4H3. The van der Waals surface area contributed by atoms with Crippen LogP contribution in [0.2, 0.25) is 0 Å². The SMILES string of the molecule is CCc1ccc(N(C)C(CN)c2cccc(C)c2C)cc1. The van der Waals surface area contributed by atoms with Gasteiger partial charge in [-0.1, -0.05) is 37.3 Å². The molecule has 0 bridgehead atoms. The van der Waals surface area contributed by atoms with Crippen LogP contribution >= 0.6 is 0 Å². The minimum atomic E-state index is 0.206. The molecule has 1 unspecified atom stereocenters. The molecule has 0 radical (unpaired) electrons. The second-order valence-corrected chi connectivity index (χ2v) is 5.67. The Labute approximate surface area is 128 Å². The molecule has 2 rings (SSSR count). The molecular formula is C19H26N2. The van der Waals surface area contributed by atoms with E-state index in [1.165, 1.54) is 27.9 Å². The Hall–Kier alpha value is -1.80. The van der Waals surface area contributed by atoms with Crippen molar-refractivity contribution in [3.05, 3.63) is 64.7 Å². The zero-order chi connectivity index (χ0) is 15.4. The molecule has 0 heterocycles. The molecular weight excluding hydrogens is 256 g/mol. The summed E-state index contributed by atoms with van der Waals surface area (Å²) in [6.45, 7) is 7.12. The number of nitrogens with zero attached hydrogens (tertiary/aromatic N) is 1. The molecule has 2 N–H and O–H groups in total.